The van der Waals surface area contributed by atoms with Gasteiger partial charge < -0.3 is 15.3 Å². The Morgan fingerprint density at radius 1 is 1.20 bits per heavy atom. The number of hydrogen-bond donors (Lipinski definition) is 2. The molecule has 2 unspecified atom stereocenters. The monoisotopic (exact) mass is 336 g/mol. The second-order valence-corrected chi connectivity index (χ2v) is 7.22. The van der Waals surface area contributed by atoms with Gasteiger partial charge in [0.2, 0.25) is 0 Å². The molecule has 4 nitrogen and oxygen atoms in total. The van der Waals surface area contributed by atoms with Crippen molar-refractivity contribution in [3.8, 4) is 11.1 Å². The van der Waals surface area contributed by atoms with Gasteiger partial charge in [0.25, 0.3) is 0 Å². The summed E-state index contributed by atoms with van der Waals surface area (Å²) in [4.78, 5) is 14.4. The molecule has 2 atom stereocenters. The molecule has 1 saturated heterocycles. The van der Waals surface area contributed by atoms with E-state index in [1.807, 2.05) is 17.9 Å². The number of benzene rings is 2. The number of aliphatic hydroxyl groups is 1. The SMILES string of the molecule is CC(O)C1CCCN(C(=O)Nc2ccc3c(c2)Cc2ccccc2-3)C1. The van der Waals surface area contributed by atoms with Crippen LogP contribution in [0.2, 0.25) is 0 Å². The highest BCUT2D eigenvalue weighted by Crippen LogP contribution is 2.37. The Morgan fingerprint density at radius 2 is 2.00 bits per heavy atom. The molecule has 25 heavy (non-hydrogen) atoms. The summed E-state index contributed by atoms with van der Waals surface area (Å²) in [5, 5.41) is 12.8. The van der Waals surface area contributed by atoms with E-state index in [2.05, 4.69) is 41.7 Å². The number of likely N-dealkylation sites (tertiary alicyclic amines) is 1. The van der Waals surface area contributed by atoms with E-state index in [1.54, 1.807) is 0 Å². The summed E-state index contributed by atoms with van der Waals surface area (Å²) in [5.41, 5.74) is 6.01. The normalized spacial score (nSPS) is 19.9. The van der Waals surface area contributed by atoms with Gasteiger partial charge in [0.05, 0.1) is 6.10 Å². The predicted octanol–water partition coefficient (Wildman–Crippen LogP) is 3.88. The van der Waals surface area contributed by atoms with Crippen LogP contribution in [0.15, 0.2) is 42.5 Å². The fraction of sp³-hybridized carbons (Fsp3) is 0.381. The van der Waals surface area contributed by atoms with E-state index in [0.29, 0.717) is 6.54 Å². The van der Waals surface area contributed by atoms with Crippen LogP contribution in [0.3, 0.4) is 0 Å². The van der Waals surface area contributed by atoms with E-state index in [-0.39, 0.29) is 18.1 Å². The quantitative estimate of drug-likeness (QED) is 0.746. The molecule has 1 fully saturated rings. The highest BCUT2D eigenvalue weighted by atomic mass is 16.3. The molecule has 1 aliphatic heterocycles. The summed E-state index contributed by atoms with van der Waals surface area (Å²) < 4.78 is 0. The topological polar surface area (TPSA) is 52.6 Å². The van der Waals surface area contributed by atoms with Crippen molar-refractivity contribution in [2.24, 2.45) is 5.92 Å². The van der Waals surface area contributed by atoms with E-state index in [4.69, 9.17) is 0 Å². The maximum atomic E-state index is 12.6. The molecule has 2 aromatic rings. The third-order valence-corrected chi connectivity index (χ3v) is 5.47. The van der Waals surface area contributed by atoms with Crippen LogP contribution < -0.4 is 5.32 Å². The van der Waals surface area contributed by atoms with Crippen molar-refractivity contribution in [2.45, 2.75) is 32.3 Å². The molecule has 4 heteroatoms. The fourth-order valence-corrected chi connectivity index (χ4v) is 4.01. The van der Waals surface area contributed by atoms with Gasteiger partial charge in [-0.2, -0.15) is 0 Å². The third kappa shape index (κ3) is 3.14. The lowest BCUT2D eigenvalue weighted by Gasteiger charge is -2.34. The molecular formula is C21H24N2O2. The first-order valence-corrected chi connectivity index (χ1v) is 9.07. The number of anilines is 1. The van der Waals surface area contributed by atoms with Crippen LogP contribution in [-0.2, 0) is 6.42 Å². The molecule has 2 N–H and O–H groups in total. The highest BCUT2D eigenvalue weighted by Gasteiger charge is 2.26. The van der Waals surface area contributed by atoms with Crippen molar-refractivity contribution in [2.75, 3.05) is 18.4 Å². The van der Waals surface area contributed by atoms with Crippen molar-refractivity contribution < 1.29 is 9.90 Å². The summed E-state index contributed by atoms with van der Waals surface area (Å²) in [5.74, 6) is 0.175. The number of rotatable bonds is 2. The van der Waals surface area contributed by atoms with Crippen LogP contribution in [0.5, 0.6) is 0 Å². The highest BCUT2D eigenvalue weighted by molar-refractivity contribution is 5.90. The zero-order chi connectivity index (χ0) is 17.4. The second-order valence-electron chi connectivity index (χ2n) is 7.22. The van der Waals surface area contributed by atoms with Crippen LogP contribution in [0.1, 0.15) is 30.9 Å². The summed E-state index contributed by atoms with van der Waals surface area (Å²) in [6.45, 7) is 3.19. The average molecular weight is 336 g/mol. The predicted molar refractivity (Wildman–Crippen MR) is 99.7 cm³/mol. The lowest BCUT2D eigenvalue weighted by atomic mass is 9.94. The second kappa shape index (κ2) is 6.52. The van der Waals surface area contributed by atoms with Gasteiger partial charge >= 0.3 is 6.03 Å². The van der Waals surface area contributed by atoms with E-state index in [0.717, 1.165) is 31.5 Å². The minimum Gasteiger partial charge on any atom is -0.393 e. The number of hydrogen-bond acceptors (Lipinski definition) is 2. The largest absolute Gasteiger partial charge is 0.393 e. The van der Waals surface area contributed by atoms with Gasteiger partial charge in [-0.25, -0.2) is 4.79 Å². The van der Waals surface area contributed by atoms with Crippen molar-refractivity contribution in [3.05, 3.63) is 53.6 Å². The van der Waals surface area contributed by atoms with Gasteiger partial charge in [0, 0.05) is 24.7 Å². The van der Waals surface area contributed by atoms with Crippen molar-refractivity contribution >= 4 is 11.7 Å². The molecule has 130 valence electrons. The fourth-order valence-electron chi connectivity index (χ4n) is 4.01. The van der Waals surface area contributed by atoms with E-state index in [9.17, 15) is 9.90 Å². The summed E-state index contributed by atoms with van der Waals surface area (Å²) in [6, 6.07) is 14.6. The lowest BCUT2D eigenvalue weighted by Crippen LogP contribution is -2.44. The van der Waals surface area contributed by atoms with Crippen LogP contribution in [0, 0.1) is 5.92 Å². The van der Waals surface area contributed by atoms with Gasteiger partial charge in [-0.1, -0.05) is 30.3 Å². The Balaban J connectivity index is 1.47. The van der Waals surface area contributed by atoms with E-state index >= 15 is 0 Å². The number of nitrogens with zero attached hydrogens (tertiary/aromatic N) is 1. The Labute approximate surface area is 148 Å². The Hall–Kier alpha value is -2.33. The minimum absolute atomic E-state index is 0.0687. The van der Waals surface area contributed by atoms with Crippen LogP contribution >= 0.6 is 0 Å². The Bertz CT molecular complexity index is 800. The van der Waals surface area contributed by atoms with Crippen molar-refractivity contribution in [3.63, 3.8) is 0 Å². The molecule has 2 amide bonds. The molecule has 0 saturated carbocycles. The molecule has 0 radical (unpaired) electrons. The smallest absolute Gasteiger partial charge is 0.321 e. The molecule has 1 heterocycles. The van der Waals surface area contributed by atoms with Crippen LogP contribution in [0.4, 0.5) is 10.5 Å². The maximum Gasteiger partial charge on any atom is 0.321 e. The third-order valence-electron chi connectivity index (χ3n) is 5.47. The van der Waals surface area contributed by atoms with Crippen LogP contribution in [-0.4, -0.2) is 35.2 Å². The number of aliphatic hydroxyl groups excluding tert-OH is 1. The molecule has 1 aliphatic carbocycles. The van der Waals surface area contributed by atoms with Crippen molar-refractivity contribution in [1.82, 2.24) is 4.90 Å². The zero-order valence-corrected chi connectivity index (χ0v) is 14.5. The lowest BCUT2D eigenvalue weighted by molar-refractivity contribution is 0.0766. The molecule has 2 aromatic carbocycles. The number of carbonyl (C=O) groups excluding carboxylic acids is 1. The number of nitrogens with one attached hydrogen (secondary N) is 1. The van der Waals surface area contributed by atoms with Crippen molar-refractivity contribution in [1.29, 1.82) is 0 Å². The number of piperidine rings is 1. The average Bonchev–Trinajstić information content (AvgIpc) is 2.99. The summed E-state index contributed by atoms with van der Waals surface area (Å²) in [6.07, 6.45) is 2.48. The Kier molecular flexibility index (Phi) is 4.22. The van der Waals surface area contributed by atoms with Gasteiger partial charge in [0.1, 0.15) is 0 Å². The molecule has 4 rings (SSSR count). The maximum absolute atomic E-state index is 12.6. The standard InChI is InChI=1S/C21H24N2O2/c1-14(24)16-6-4-10-23(13-16)21(25)22-18-8-9-20-17(12-18)11-15-5-2-3-7-19(15)20/h2-3,5,7-9,12,14,16,24H,4,6,10-11,13H2,1H3,(H,22,25). The van der Waals surface area contributed by atoms with Crippen LogP contribution in [0.25, 0.3) is 11.1 Å². The first-order valence-electron chi connectivity index (χ1n) is 9.07. The number of carbonyl (C=O) groups is 1. The molecule has 0 bridgehead atoms. The zero-order valence-electron chi connectivity index (χ0n) is 14.5. The molecule has 0 spiro atoms. The van der Waals surface area contributed by atoms with E-state index in [1.165, 1.54) is 22.3 Å². The van der Waals surface area contributed by atoms with Gasteiger partial charge in [-0.15, -0.1) is 0 Å². The first-order chi connectivity index (χ1) is 12.1. The Morgan fingerprint density at radius 3 is 2.84 bits per heavy atom. The number of fused-ring (bicyclic) bond motifs is 3. The first kappa shape index (κ1) is 16.2. The molecular weight excluding hydrogens is 312 g/mol. The molecule has 0 aromatic heterocycles. The van der Waals surface area contributed by atoms with Gasteiger partial charge in [-0.05, 0) is 60.6 Å². The minimum atomic E-state index is -0.367. The number of amides is 2. The van der Waals surface area contributed by atoms with E-state index < -0.39 is 0 Å². The number of urea groups is 1. The molecule has 2 aliphatic rings. The van der Waals surface area contributed by atoms with Gasteiger partial charge in [0.15, 0.2) is 0 Å². The summed E-state index contributed by atoms with van der Waals surface area (Å²) >= 11 is 0. The summed E-state index contributed by atoms with van der Waals surface area (Å²) in [7, 11) is 0. The van der Waals surface area contributed by atoms with Gasteiger partial charge in [-0.3, -0.25) is 0 Å².